The summed E-state index contributed by atoms with van der Waals surface area (Å²) in [6.45, 7) is 0. The molecular formula is C14H6ClF2NO2S. The van der Waals surface area contributed by atoms with Crippen molar-refractivity contribution in [2.45, 2.75) is 9.79 Å². The molecule has 0 saturated carbocycles. The average molecular weight is 326 g/mol. The second kappa shape index (κ2) is 5.13. The fraction of sp³-hybridized carbons (Fsp3) is 0. The zero-order chi connectivity index (χ0) is 15.1. The Morgan fingerprint density at radius 3 is 2.52 bits per heavy atom. The highest BCUT2D eigenvalue weighted by atomic mass is 35.5. The number of hydrogen-bond donors (Lipinski definition) is 1. The lowest BCUT2D eigenvalue weighted by Gasteiger charge is -2.07. The first-order chi connectivity index (χ1) is 9.95. The quantitative estimate of drug-likeness (QED) is 0.852. The van der Waals surface area contributed by atoms with Crippen LogP contribution in [0.25, 0.3) is 0 Å². The van der Waals surface area contributed by atoms with Gasteiger partial charge in [-0.05, 0) is 24.3 Å². The molecule has 2 aromatic rings. The Bertz CT molecular complexity index is 795. The maximum Gasteiger partial charge on any atom is 0.296 e. The third-order valence-corrected chi connectivity index (χ3v) is 4.42. The van der Waals surface area contributed by atoms with Crippen molar-refractivity contribution >= 4 is 40.7 Å². The normalized spacial score (nSPS) is 13.3. The molecule has 2 aromatic carbocycles. The van der Waals surface area contributed by atoms with Gasteiger partial charge in [-0.15, -0.1) is 0 Å². The molecule has 1 aliphatic heterocycles. The van der Waals surface area contributed by atoms with Gasteiger partial charge in [-0.3, -0.25) is 9.59 Å². The van der Waals surface area contributed by atoms with Gasteiger partial charge in [0.2, 0.25) is 0 Å². The second-order valence-electron chi connectivity index (χ2n) is 4.29. The number of hydrogen-bond acceptors (Lipinski definition) is 3. The Morgan fingerprint density at radius 2 is 1.81 bits per heavy atom. The maximum absolute atomic E-state index is 13.6. The fourth-order valence-corrected chi connectivity index (χ4v) is 3.04. The number of ketones is 1. The van der Waals surface area contributed by atoms with E-state index in [9.17, 15) is 18.4 Å². The maximum atomic E-state index is 13.6. The lowest BCUT2D eigenvalue weighted by atomic mass is 10.1. The fourth-order valence-electron chi connectivity index (χ4n) is 1.90. The molecule has 3 rings (SSSR count). The minimum absolute atomic E-state index is 0.189. The zero-order valence-corrected chi connectivity index (χ0v) is 11.8. The largest absolute Gasteiger partial charge is 0.318 e. The molecule has 3 nitrogen and oxygen atoms in total. The molecule has 0 unspecified atom stereocenters. The summed E-state index contributed by atoms with van der Waals surface area (Å²) in [7, 11) is 0. The van der Waals surface area contributed by atoms with Crippen LogP contribution < -0.4 is 5.32 Å². The molecule has 1 amide bonds. The number of anilines is 1. The summed E-state index contributed by atoms with van der Waals surface area (Å²) < 4.78 is 26.5. The van der Waals surface area contributed by atoms with Gasteiger partial charge in [-0.2, -0.15) is 0 Å². The van der Waals surface area contributed by atoms with Gasteiger partial charge in [0.05, 0.1) is 16.3 Å². The van der Waals surface area contributed by atoms with Gasteiger partial charge < -0.3 is 5.32 Å². The number of fused-ring (bicyclic) bond motifs is 1. The van der Waals surface area contributed by atoms with E-state index in [-0.39, 0.29) is 15.5 Å². The van der Waals surface area contributed by atoms with Crippen LogP contribution in [0.5, 0.6) is 0 Å². The van der Waals surface area contributed by atoms with Crippen molar-refractivity contribution in [2.24, 2.45) is 0 Å². The van der Waals surface area contributed by atoms with Gasteiger partial charge in [0, 0.05) is 15.9 Å². The highest BCUT2D eigenvalue weighted by Crippen LogP contribution is 2.39. The summed E-state index contributed by atoms with van der Waals surface area (Å²) in [6, 6.07) is 6.06. The zero-order valence-electron chi connectivity index (χ0n) is 10.2. The summed E-state index contributed by atoms with van der Waals surface area (Å²) >= 11 is 7.03. The molecule has 21 heavy (non-hydrogen) atoms. The SMILES string of the molecule is O=C1Nc2cc(Sc3ccc(F)cc3F)c(Cl)cc2C1=O. The predicted molar refractivity (Wildman–Crippen MR) is 74.9 cm³/mol. The van der Waals surface area contributed by atoms with Gasteiger partial charge in [0.25, 0.3) is 11.7 Å². The highest BCUT2D eigenvalue weighted by molar-refractivity contribution is 7.99. The Labute approximate surface area is 127 Å². The van der Waals surface area contributed by atoms with E-state index < -0.39 is 23.3 Å². The Balaban J connectivity index is 1.99. The molecule has 106 valence electrons. The first-order valence-electron chi connectivity index (χ1n) is 5.78. The van der Waals surface area contributed by atoms with Crippen molar-refractivity contribution < 1.29 is 18.4 Å². The van der Waals surface area contributed by atoms with E-state index in [2.05, 4.69) is 5.32 Å². The first kappa shape index (κ1) is 14.0. The van der Waals surface area contributed by atoms with Gasteiger partial charge in [0.1, 0.15) is 11.6 Å². The topological polar surface area (TPSA) is 46.2 Å². The molecule has 1 aliphatic rings. The second-order valence-corrected chi connectivity index (χ2v) is 5.78. The van der Waals surface area contributed by atoms with Crippen LogP contribution in [-0.4, -0.2) is 11.7 Å². The number of benzene rings is 2. The number of carbonyl (C=O) groups is 2. The van der Waals surface area contributed by atoms with Crippen molar-refractivity contribution in [3.8, 4) is 0 Å². The highest BCUT2D eigenvalue weighted by Gasteiger charge is 2.29. The lowest BCUT2D eigenvalue weighted by molar-refractivity contribution is -0.112. The third kappa shape index (κ3) is 2.52. The Kier molecular flexibility index (Phi) is 3.43. The average Bonchev–Trinajstić information content (AvgIpc) is 2.69. The van der Waals surface area contributed by atoms with Crippen LogP contribution in [0.2, 0.25) is 5.02 Å². The summed E-state index contributed by atoms with van der Waals surface area (Å²) in [6.07, 6.45) is 0. The molecule has 0 aliphatic carbocycles. The van der Waals surface area contributed by atoms with E-state index in [0.717, 1.165) is 23.9 Å². The number of rotatable bonds is 2. The van der Waals surface area contributed by atoms with Crippen LogP contribution in [0.3, 0.4) is 0 Å². The third-order valence-electron chi connectivity index (χ3n) is 2.88. The van der Waals surface area contributed by atoms with Gasteiger partial charge in [-0.1, -0.05) is 23.4 Å². The number of Topliss-reactive ketones (excluding diaryl/α,β-unsaturated/α-hetero) is 1. The van der Waals surface area contributed by atoms with Crippen molar-refractivity contribution in [2.75, 3.05) is 5.32 Å². The molecule has 0 bridgehead atoms. The monoisotopic (exact) mass is 325 g/mol. The summed E-state index contributed by atoms with van der Waals surface area (Å²) in [5.74, 6) is -2.76. The van der Waals surface area contributed by atoms with E-state index in [1.165, 1.54) is 18.2 Å². The molecule has 7 heteroatoms. The van der Waals surface area contributed by atoms with Crippen LogP contribution in [0.1, 0.15) is 10.4 Å². The Morgan fingerprint density at radius 1 is 1.05 bits per heavy atom. The summed E-state index contributed by atoms with van der Waals surface area (Å²) in [5.41, 5.74) is 0.522. The van der Waals surface area contributed by atoms with Crippen LogP contribution >= 0.6 is 23.4 Å². The van der Waals surface area contributed by atoms with E-state index in [1.54, 1.807) is 0 Å². The molecule has 1 heterocycles. The minimum atomic E-state index is -0.726. The van der Waals surface area contributed by atoms with Gasteiger partial charge in [-0.25, -0.2) is 8.78 Å². The van der Waals surface area contributed by atoms with Crippen molar-refractivity contribution in [3.63, 3.8) is 0 Å². The van der Waals surface area contributed by atoms with Crippen LogP contribution in [0.15, 0.2) is 40.1 Å². The van der Waals surface area contributed by atoms with Crippen LogP contribution in [-0.2, 0) is 4.79 Å². The summed E-state index contributed by atoms with van der Waals surface area (Å²) in [5, 5.41) is 2.63. The first-order valence-corrected chi connectivity index (χ1v) is 6.97. The van der Waals surface area contributed by atoms with E-state index in [4.69, 9.17) is 11.6 Å². The van der Waals surface area contributed by atoms with E-state index >= 15 is 0 Å². The smallest absolute Gasteiger partial charge is 0.296 e. The van der Waals surface area contributed by atoms with Crippen molar-refractivity contribution in [1.82, 2.24) is 0 Å². The van der Waals surface area contributed by atoms with Gasteiger partial charge >= 0.3 is 0 Å². The molecule has 1 N–H and O–H groups in total. The minimum Gasteiger partial charge on any atom is -0.318 e. The lowest BCUT2D eigenvalue weighted by Crippen LogP contribution is -2.12. The molecule has 0 spiro atoms. The van der Waals surface area contributed by atoms with Crippen molar-refractivity contribution in [1.29, 1.82) is 0 Å². The molecular weight excluding hydrogens is 320 g/mol. The number of nitrogens with one attached hydrogen (secondary N) is 1. The van der Waals surface area contributed by atoms with Gasteiger partial charge in [0.15, 0.2) is 0 Å². The molecule has 0 atom stereocenters. The van der Waals surface area contributed by atoms with Crippen LogP contribution in [0.4, 0.5) is 14.5 Å². The van der Waals surface area contributed by atoms with Crippen LogP contribution in [0, 0.1) is 11.6 Å². The Hall–Kier alpha value is -1.92. The molecule has 0 aromatic heterocycles. The predicted octanol–water partition coefficient (Wildman–Crippen LogP) is 3.90. The summed E-state index contributed by atoms with van der Waals surface area (Å²) in [4.78, 5) is 23.5. The number of amides is 1. The standard InChI is InChI=1S/C14H6ClF2NO2S/c15-8-4-7-10(18-14(20)13(7)19)5-12(8)21-11-2-1-6(16)3-9(11)17/h1-5H,(H,18,19,20). The van der Waals surface area contributed by atoms with Crippen molar-refractivity contribution in [3.05, 3.63) is 52.6 Å². The van der Waals surface area contributed by atoms with E-state index in [0.29, 0.717) is 10.6 Å². The molecule has 0 saturated heterocycles. The number of halogens is 3. The van der Waals surface area contributed by atoms with E-state index in [1.807, 2.05) is 0 Å². The molecule has 0 radical (unpaired) electrons. The number of carbonyl (C=O) groups excluding carboxylic acids is 2. The molecule has 0 fully saturated rings.